The number of hydrogen-bond donors (Lipinski definition) is 1. The second kappa shape index (κ2) is 8.05. The van der Waals surface area contributed by atoms with Gasteiger partial charge in [-0.2, -0.15) is 0 Å². The molecule has 18 heavy (non-hydrogen) atoms. The zero-order valence-electron chi connectivity index (χ0n) is 11.1. The summed E-state index contributed by atoms with van der Waals surface area (Å²) in [5.74, 6) is 0.0911. The van der Waals surface area contributed by atoms with Crippen molar-refractivity contribution < 1.29 is 19.1 Å². The Labute approximate surface area is 108 Å². The third-order valence-electron chi connectivity index (χ3n) is 3.12. The van der Waals surface area contributed by atoms with Crippen molar-refractivity contribution in [2.45, 2.75) is 12.8 Å². The summed E-state index contributed by atoms with van der Waals surface area (Å²) in [6, 6.07) is 0. The molecule has 0 spiro atoms. The minimum Gasteiger partial charge on any atom is -0.382 e. The van der Waals surface area contributed by atoms with Crippen molar-refractivity contribution in [1.82, 2.24) is 10.2 Å². The summed E-state index contributed by atoms with van der Waals surface area (Å²) in [4.78, 5) is 25.0. The molecule has 0 radical (unpaired) electrons. The Kier molecular flexibility index (Phi) is 6.67. The molecule has 0 saturated carbocycles. The van der Waals surface area contributed by atoms with E-state index in [0.29, 0.717) is 26.3 Å². The van der Waals surface area contributed by atoms with Crippen molar-refractivity contribution in [3.63, 3.8) is 0 Å². The molecule has 0 aromatic rings. The van der Waals surface area contributed by atoms with E-state index >= 15 is 0 Å². The van der Waals surface area contributed by atoms with Crippen molar-refractivity contribution in [3.8, 4) is 0 Å². The van der Waals surface area contributed by atoms with Crippen LogP contribution in [-0.2, 0) is 19.1 Å². The van der Waals surface area contributed by atoms with Crippen LogP contribution in [0.1, 0.15) is 12.8 Å². The standard InChI is InChI=1S/C12H22N2O4/c1-13-12(16)10-3-5-14(6-4-10)11(15)9-18-8-7-17-2/h10H,3-9H2,1-2H3,(H,13,16). The number of nitrogens with one attached hydrogen (secondary N) is 1. The highest BCUT2D eigenvalue weighted by atomic mass is 16.5. The molecule has 0 aliphatic carbocycles. The summed E-state index contributed by atoms with van der Waals surface area (Å²) in [7, 11) is 3.23. The van der Waals surface area contributed by atoms with E-state index in [1.54, 1.807) is 19.1 Å². The fourth-order valence-electron chi connectivity index (χ4n) is 1.99. The highest BCUT2D eigenvalue weighted by molar-refractivity contribution is 5.80. The van der Waals surface area contributed by atoms with Gasteiger partial charge < -0.3 is 19.7 Å². The molecule has 6 nitrogen and oxygen atoms in total. The van der Waals surface area contributed by atoms with Crippen LogP contribution in [0.2, 0.25) is 0 Å². The Morgan fingerprint density at radius 1 is 1.28 bits per heavy atom. The lowest BCUT2D eigenvalue weighted by atomic mass is 9.96. The van der Waals surface area contributed by atoms with Gasteiger partial charge in [0.25, 0.3) is 0 Å². The first kappa shape index (κ1) is 14.9. The van der Waals surface area contributed by atoms with Crippen molar-refractivity contribution in [3.05, 3.63) is 0 Å². The number of hydrogen-bond acceptors (Lipinski definition) is 4. The van der Waals surface area contributed by atoms with Gasteiger partial charge in [0, 0.05) is 33.2 Å². The van der Waals surface area contributed by atoms with Gasteiger partial charge in [0.2, 0.25) is 11.8 Å². The zero-order chi connectivity index (χ0) is 13.4. The van der Waals surface area contributed by atoms with Crippen molar-refractivity contribution in [2.75, 3.05) is 47.1 Å². The first-order chi connectivity index (χ1) is 8.69. The summed E-state index contributed by atoms with van der Waals surface area (Å²) in [5.41, 5.74) is 0. The molecule has 0 unspecified atom stereocenters. The largest absolute Gasteiger partial charge is 0.382 e. The fraction of sp³-hybridized carbons (Fsp3) is 0.833. The van der Waals surface area contributed by atoms with Crippen LogP contribution < -0.4 is 5.32 Å². The van der Waals surface area contributed by atoms with E-state index in [1.165, 1.54) is 0 Å². The smallest absolute Gasteiger partial charge is 0.248 e. The van der Waals surface area contributed by atoms with Gasteiger partial charge in [-0.15, -0.1) is 0 Å². The minimum absolute atomic E-state index is 0.0125. The number of rotatable bonds is 6. The maximum atomic E-state index is 11.8. The first-order valence-electron chi connectivity index (χ1n) is 6.25. The number of nitrogens with zero attached hydrogens (tertiary/aromatic N) is 1. The normalized spacial score (nSPS) is 16.7. The molecule has 2 amide bonds. The van der Waals surface area contributed by atoms with E-state index in [9.17, 15) is 9.59 Å². The molecule has 104 valence electrons. The van der Waals surface area contributed by atoms with Crippen LogP contribution in [0.5, 0.6) is 0 Å². The van der Waals surface area contributed by atoms with E-state index in [0.717, 1.165) is 12.8 Å². The second-order valence-corrected chi connectivity index (χ2v) is 4.31. The SMILES string of the molecule is CNC(=O)C1CCN(C(=O)COCCOC)CC1. The van der Waals surface area contributed by atoms with Crippen molar-refractivity contribution in [1.29, 1.82) is 0 Å². The molecular weight excluding hydrogens is 236 g/mol. The second-order valence-electron chi connectivity index (χ2n) is 4.31. The van der Waals surface area contributed by atoms with Gasteiger partial charge in [0.15, 0.2) is 0 Å². The van der Waals surface area contributed by atoms with Crippen LogP contribution in [0.4, 0.5) is 0 Å². The molecule has 1 aliphatic heterocycles. The maximum absolute atomic E-state index is 11.8. The van der Waals surface area contributed by atoms with E-state index in [4.69, 9.17) is 9.47 Å². The Morgan fingerprint density at radius 2 is 1.94 bits per heavy atom. The summed E-state index contributed by atoms with van der Waals surface area (Å²) in [6.07, 6.45) is 1.45. The Balaban J connectivity index is 2.21. The number of piperidine rings is 1. The van der Waals surface area contributed by atoms with E-state index < -0.39 is 0 Å². The molecule has 1 N–H and O–H groups in total. The fourth-order valence-corrected chi connectivity index (χ4v) is 1.99. The molecule has 0 aromatic heterocycles. The highest BCUT2D eigenvalue weighted by Crippen LogP contribution is 2.17. The molecular formula is C12H22N2O4. The molecule has 1 rings (SSSR count). The molecule has 0 bridgehead atoms. The predicted octanol–water partition coefficient (Wildman–Crippen LogP) is -0.366. The van der Waals surface area contributed by atoms with Gasteiger partial charge in [0.05, 0.1) is 13.2 Å². The van der Waals surface area contributed by atoms with Crippen molar-refractivity contribution in [2.24, 2.45) is 5.92 Å². The molecule has 0 aromatic carbocycles. The number of amides is 2. The summed E-state index contributed by atoms with van der Waals surface area (Å²) >= 11 is 0. The van der Waals surface area contributed by atoms with Gasteiger partial charge in [0.1, 0.15) is 6.61 Å². The molecule has 1 aliphatic rings. The average molecular weight is 258 g/mol. The van der Waals surface area contributed by atoms with Crippen LogP contribution in [0.3, 0.4) is 0 Å². The summed E-state index contributed by atoms with van der Waals surface area (Å²) in [6.45, 7) is 2.27. The Bertz CT molecular complexity index is 275. The Morgan fingerprint density at radius 3 is 2.50 bits per heavy atom. The average Bonchev–Trinajstić information content (AvgIpc) is 2.42. The van der Waals surface area contributed by atoms with E-state index in [-0.39, 0.29) is 24.3 Å². The number of methoxy groups -OCH3 is 1. The Hall–Kier alpha value is -1.14. The summed E-state index contributed by atoms with van der Waals surface area (Å²) < 4.78 is 10.0. The van der Waals surface area contributed by atoms with E-state index in [2.05, 4.69) is 5.32 Å². The molecule has 1 saturated heterocycles. The van der Waals surface area contributed by atoms with Crippen LogP contribution in [-0.4, -0.2) is 63.8 Å². The van der Waals surface area contributed by atoms with Crippen LogP contribution in [0, 0.1) is 5.92 Å². The maximum Gasteiger partial charge on any atom is 0.248 e. The topological polar surface area (TPSA) is 67.9 Å². The number of ether oxygens (including phenoxy) is 2. The van der Waals surface area contributed by atoms with E-state index in [1.807, 2.05) is 0 Å². The number of likely N-dealkylation sites (tertiary alicyclic amines) is 1. The molecule has 1 fully saturated rings. The molecule has 1 heterocycles. The number of carbonyl (C=O) groups excluding carboxylic acids is 2. The zero-order valence-corrected chi connectivity index (χ0v) is 11.1. The van der Waals surface area contributed by atoms with Crippen molar-refractivity contribution >= 4 is 11.8 Å². The summed E-state index contributed by atoms with van der Waals surface area (Å²) in [5, 5.41) is 2.65. The third-order valence-corrected chi connectivity index (χ3v) is 3.12. The minimum atomic E-state index is -0.0125. The molecule has 0 atom stereocenters. The quantitative estimate of drug-likeness (QED) is 0.660. The van der Waals surface area contributed by atoms with Gasteiger partial charge in [-0.1, -0.05) is 0 Å². The lowest BCUT2D eigenvalue weighted by Crippen LogP contribution is -2.43. The monoisotopic (exact) mass is 258 g/mol. The molecule has 6 heteroatoms. The van der Waals surface area contributed by atoms with Gasteiger partial charge in [-0.25, -0.2) is 0 Å². The predicted molar refractivity (Wildman–Crippen MR) is 66.1 cm³/mol. The highest BCUT2D eigenvalue weighted by Gasteiger charge is 2.26. The lowest BCUT2D eigenvalue weighted by Gasteiger charge is -2.31. The number of carbonyl (C=O) groups is 2. The van der Waals surface area contributed by atoms with Crippen LogP contribution >= 0.6 is 0 Å². The third kappa shape index (κ3) is 4.62. The first-order valence-corrected chi connectivity index (χ1v) is 6.25. The lowest BCUT2D eigenvalue weighted by molar-refractivity contribution is -0.139. The van der Waals surface area contributed by atoms with Gasteiger partial charge >= 0.3 is 0 Å². The van der Waals surface area contributed by atoms with Gasteiger partial charge in [-0.3, -0.25) is 9.59 Å². The van der Waals surface area contributed by atoms with Gasteiger partial charge in [-0.05, 0) is 12.8 Å². The van der Waals surface area contributed by atoms with Crippen LogP contribution in [0.25, 0.3) is 0 Å². The van der Waals surface area contributed by atoms with Crippen LogP contribution in [0.15, 0.2) is 0 Å².